The molecular formula is C13H24N2O3. The molecule has 0 saturated carbocycles. The molecule has 1 unspecified atom stereocenters. The number of hydrogen-bond acceptors (Lipinski definition) is 3. The van der Waals surface area contributed by atoms with Crippen LogP contribution < -0.4 is 5.32 Å². The van der Waals surface area contributed by atoms with Gasteiger partial charge in [0, 0.05) is 13.7 Å². The second kappa shape index (κ2) is 4.88. The third-order valence-corrected chi connectivity index (χ3v) is 3.40. The largest absolute Gasteiger partial charge is 0.383 e. The molecule has 0 aromatic carbocycles. The van der Waals surface area contributed by atoms with E-state index in [1.807, 2.05) is 20.8 Å². The third kappa shape index (κ3) is 2.66. The lowest BCUT2D eigenvalue weighted by Crippen LogP contribution is -2.71. The minimum atomic E-state index is -0.822. The van der Waals surface area contributed by atoms with Gasteiger partial charge in [-0.25, -0.2) is 0 Å². The van der Waals surface area contributed by atoms with Gasteiger partial charge in [0.25, 0.3) is 0 Å². The molecule has 5 nitrogen and oxygen atoms in total. The molecule has 5 heteroatoms. The van der Waals surface area contributed by atoms with Gasteiger partial charge in [-0.3, -0.25) is 9.59 Å². The number of nitrogens with zero attached hydrogens (tertiary/aromatic N) is 1. The maximum Gasteiger partial charge on any atom is 0.246 e. The van der Waals surface area contributed by atoms with Gasteiger partial charge in [0.05, 0.1) is 6.61 Å². The SMILES string of the molecule is COCCN1C(=O)C(C(C)(C)C)NC(=O)C1(C)C. The summed E-state index contributed by atoms with van der Waals surface area (Å²) in [4.78, 5) is 26.3. The van der Waals surface area contributed by atoms with Gasteiger partial charge in [0.2, 0.25) is 11.8 Å². The molecular weight excluding hydrogens is 232 g/mol. The summed E-state index contributed by atoms with van der Waals surface area (Å²) in [5.74, 6) is -0.151. The van der Waals surface area contributed by atoms with Crippen molar-refractivity contribution in [3.05, 3.63) is 0 Å². The zero-order chi connectivity index (χ0) is 14.1. The average Bonchev–Trinajstić information content (AvgIpc) is 2.22. The lowest BCUT2D eigenvalue weighted by atomic mass is 9.82. The molecule has 0 bridgehead atoms. The van der Waals surface area contributed by atoms with Gasteiger partial charge in [0.15, 0.2) is 0 Å². The van der Waals surface area contributed by atoms with E-state index in [-0.39, 0.29) is 17.2 Å². The highest BCUT2D eigenvalue weighted by molar-refractivity contribution is 5.99. The van der Waals surface area contributed by atoms with Crippen molar-refractivity contribution in [2.24, 2.45) is 5.41 Å². The molecule has 1 aliphatic rings. The molecule has 104 valence electrons. The number of rotatable bonds is 3. The molecule has 0 aliphatic carbocycles. The first-order chi connectivity index (χ1) is 8.12. The van der Waals surface area contributed by atoms with E-state index in [2.05, 4.69) is 5.32 Å². The fourth-order valence-corrected chi connectivity index (χ4v) is 2.08. The van der Waals surface area contributed by atoms with Gasteiger partial charge in [-0.05, 0) is 19.3 Å². The Morgan fingerprint density at radius 1 is 1.33 bits per heavy atom. The van der Waals surface area contributed by atoms with E-state index >= 15 is 0 Å². The molecule has 0 aromatic rings. The first kappa shape index (κ1) is 15.0. The van der Waals surface area contributed by atoms with Crippen molar-refractivity contribution in [2.45, 2.75) is 46.2 Å². The number of methoxy groups -OCH3 is 1. The van der Waals surface area contributed by atoms with E-state index in [4.69, 9.17) is 4.74 Å². The summed E-state index contributed by atoms with van der Waals surface area (Å²) in [5.41, 5.74) is -1.12. The van der Waals surface area contributed by atoms with E-state index in [0.717, 1.165) is 0 Å². The maximum atomic E-state index is 12.5. The molecule has 1 aliphatic heterocycles. The van der Waals surface area contributed by atoms with Gasteiger partial charge in [0.1, 0.15) is 11.6 Å². The summed E-state index contributed by atoms with van der Waals surface area (Å²) >= 11 is 0. The molecule has 1 N–H and O–H groups in total. The van der Waals surface area contributed by atoms with Crippen molar-refractivity contribution in [3.8, 4) is 0 Å². The Morgan fingerprint density at radius 3 is 2.33 bits per heavy atom. The van der Waals surface area contributed by atoms with Gasteiger partial charge < -0.3 is 15.0 Å². The Labute approximate surface area is 109 Å². The maximum absolute atomic E-state index is 12.5. The number of carbonyl (C=O) groups is 2. The normalized spacial score (nSPS) is 24.1. The molecule has 2 amide bonds. The van der Waals surface area contributed by atoms with Crippen molar-refractivity contribution in [1.82, 2.24) is 10.2 Å². The van der Waals surface area contributed by atoms with Crippen LogP contribution in [-0.4, -0.2) is 48.6 Å². The first-order valence-corrected chi connectivity index (χ1v) is 6.23. The van der Waals surface area contributed by atoms with Gasteiger partial charge in [-0.15, -0.1) is 0 Å². The van der Waals surface area contributed by atoms with Crippen LogP contribution in [0.4, 0.5) is 0 Å². The van der Waals surface area contributed by atoms with Gasteiger partial charge in [-0.2, -0.15) is 0 Å². The molecule has 1 atom stereocenters. The van der Waals surface area contributed by atoms with Crippen LogP contribution >= 0.6 is 0 Å². The predicted molar refractivity (Wildman–Crippen MR) is 69.1 cm³/mol. The summed E-state index contributed by atoms with van der Waals surface area (Å²) in [6, 6.07) is -0.477. The predicted octanol–water partition coefficient (Wildman–Crippen LogP) is 0.784. The molecule has 1 rings (SSSR count). The van der Waals surface area contributed by atoms with Crippen molar-refractivity contribution in [2.75, 3.05) is 20.3 Å². The number of nitrogens with one attached hydrogen (secondary N) is 1. The van der Waals surface area contributed by atoms with Crippen LogP contribution in [0.1, 0.15) is 34.6 Å². The Morgan fingerprint density at radius 2 is 1.89 bits per heavy atom. The summed E-state index contributed by atoms with van der Waals surface area (Å²) < 4.78 is 5.02. The number of carbonyl (C=O) groups excluding carboxylic acids is 2. The van der Waals surface area contributed by atoms with E-state index < -0.39 is 11.6 Å². The minimum absolute atomic E-state index is 0.0378. The third-order valence-electron chi connectivity index (χ3n) is 3.40. The van der Waals surface area contributed by atoms with Crippen LogP contribution in [0.25, 0.3) is 0 Å². The van der Waals surface area contributed by atoms with Crippen molar-refractivity contribution >= 4 is 11.8 Å². The molecule has 18 heavy (non-hydrogen) atoms. The van der Waals surface area contributed by atoms with E-state index in [0.29, 0.717) is 13.2 Å². The lowest BCUT2D eigenvalue weighted by molar-refractivity contribution is -0.159. The molecule has 1 fully saturated rings. The molecule has 0 spiro atoms. The second-order valence-corrected chi connectivity index (χ2v) is 6.31. The van der Waals surface area contributed by atoms with Crippen molar-refractivity contribution < 1.29 is 14.3 Å². The molecule has 0 aromatic heterocycles. The zero-order valence-electron chi connectivity index (χ0n) is 12.2. The van der Waals surface area contributed by atoms with Crippen LogP contribution in [-0.2, 0) is 14.3 Å². The first-order valence-electron chi connectivity index (χ1n) is 6.23. The van der Waals surface area contributed by atoms with Crippen LogP contribution in [0, 0.1) is 5.41 Å². The summed E-state index contributed by atoms with van der Waals surface area (Å²) in [6.45, 7) is 10.2. The summed E-state index contributed by atoms with van der Waals surface area (Å²) in [6.07, 6.45) is 0. The fourth-order valence-electron chi connectivity index (χ4n) is 2.08. The fraction of sp³-hybridized carbons (Fsp3) is 0.846. The van der Waals surface area contributed by atoms with Crippen LogP contribution in [0.2, 0.25) is 0 Å². The minimum Gasteiger partial charge on any atom is -0.383 e. The number of amides is 2. The van der Waals surface area contributed by atoms with E-state index in [9.17, 15) is 9.59 Å². The van der Waals surface area contributed by atoms with Gasteiger partial charge >= 0.3 is 0 Å². The Bertz CT molecular complexity index is 345. The quantitative estimate of drug-likeness (QED) is 0.812. The standard InChI is InChI=1S/C13H24N2O3/c1-12(2,3)9-10(16)15(7-8-18-6)13(4,5)11(17)14-9/h9H,7-8H2,1-6H3,(H,14,17). The van der Waals surface area contributed by atoms with Gasteiger partial charge in [-0.1, -0.05) is 20.8 Å². The van der Waals surface area contributed by atoms with E-state index in [1.54, 1.807) is 25.9 Å². The number of piperazine rings is 1. The number of ether oxygens (including phenoxy) is 1. The van der Waals surface area contributed by atoms with Crippen LogP contribution in [0.3, 0.4) is 0 Å². The summed E-state index contributed by atoms with van der Waals surface area (Å²) in [7, 11) is 1.59. The Hall–Kier alpha value is -1.10. The smallest absolute Gasteiger partial charge is 0.246 e. The molecule has 1 heterocycles. The highest BCUT2D eigenvalue weighted by Gasteiger charge is 2.49. The average molecular weight is 256 g/mol. The highest BCUT2D eigenvalue weighted by atomic mass is 16.5. The van der Waals surface area contributed by atoms with Crippen LogP contribution in [0.15, 0.2) is 0 Å². The summed E-state index contributed by atoms with van der Waals surface area (Å²) in [5, 5.41) is 2.83. The highest BCUT2D eigenvalue weighted by Crippen LogP contribution is 2.29. The zero-order valence-corrected chi connectivity index (χ0v) is 12.2. The molecule has 0 radical (unpaired) electrons. The Kier molecular flexibility index (Phi) is 4.05. The lowest BCUT2D eigenvalue weighted by Gasteiger charge is -2.47. The second-order valence-electron chi connectivity index (χ2n) is 6.31. The van der Waals surface area contributed by atoms with Crippen LogP contribution in [0.5, 0.6) is 0 Å². The van der Waals surface area contributed by atoms with Crippen molar-refractivity contribution in [3.63, 3.8) is 0 Å². The monoisotopic (exact) mass is 256 g/mol. The van der Waals surface area contributed by atoms with Crippen molar-refractivity contribution in [1.29, 1.82) is 0 Å². The molecule has 1 saturated heterocycles. The van der Waals surface area contributed by atoms with E-state index in [1.165, 1.54) is 0 Å². The Balaban J connectivity index is 3.02. The number of hydrogen-bond donors (Lipinski definition) is 1. The topological polar surface area (TPSA) is 58.6 Å².